The van der Waals surface area contributed by atoms with E-state index in [9.17, 15) is 24.3 Å². The van der Waals surface area contributed by atoms with Crippen molar-refractivity contribution in [2.45, 2.75) is 43.8 Å². The monoisotopic (exact) mass is 617 g/mol. The number of benzene rings is 1. The molecule has 12 nitrogen and oxygen atoms in total. The van der Waals surface area contributed by atoms with Gasteiger partial charge in [0.05, 0.1) is 42.1 Å². The number of hydrogen-bond acceptors (Lipinski definition) is 7. The number of piperazine rings is 1. The molecule has 4 N–H and O–H groups in total. The molecule has 2 fully saturated rings. The van der Waals surface area contributed by atoms with Crippen LogP contribution in [0.25, 0.3) is 0 Å². The highest BCUT2D eigenvalue weighted by molar-refractivity contribution is 7.80. The number of amides is 2. The zero-order valence-electron chi connectivity index (χ0n) is 22.0. The van der Waals surface area contributed by atoms with Gasteiger partial charge in [-0.05, 0) is 55.8 Å². The molecule has 0 bridgehead atoms. The summed E-state index contributed by atoms with van der Waals surface area (Å²) in [5.41, 5.74) is 0.702. The van der Waals surface area contributed by atoms with E-state index in [0.717, 1.165) is 25.9 Å². The minimum absolute atomic E-state index is 0.0628. The Morgan fingerprint density at radius 1 is 1.07 bits per heavy atom. The van der Waals surface area contributed by atoms with Gasteiger partial charge >= 0.3 is 18.0 Å². The van der Waals surface area contributed by atoms with Crippen molar-refractivity contribution in [1.29, 1.82) is 0 Å². The number of methoxy groups -OCH3 is 1. The molecule has 3 rings (SSSR count). The fourth-order valence-electron chi connectivity index (χ4n) is 4.91. The van der Waals surface area contributed by atoms with Crippen LogP contribution in [0.3, 0.4) is 0 Å². The molecule has 2 aliphatic heterocycles. The number of carboxylic acid groups (broad SMARTS) is 2. The number of carbonyl (C=O) groups excluding carboxylic acids is 2. The fourth-order valence-corrected chi connectivity index (χ4v) is 5.46. The molecule has 2 saturated heterocycles. The Morgan fingerprint density at radius 2 is 1.75 bits per heavy atom. The van der Waals surface area contributed by atoms with Crippen molar-refractivity contribution in [2.24, 2.45) is 0 Å². The number of rotatable bonds is 10. The number of aliphatic carboxylic acids is 2. The third-order valence-corrected chi connectivity index (χ3v) is 7.91. The molecule has 40 heavy (non-hydrogen) atoms. The van der Waals surface area contributed by atoms with Crippen molar-refractivity contribution in [3.05, 3.63) is 33.8 Å². The topological polar surface area (TPSA) is 152 Å². The Labute approximate surface area is 247 Å². The third kappa shape index (κ3) is 8.82. The van der Waals surface area contributed by atoms with Crippen LogP contribution in [0.15, 0.2) is 18.2 Å². The second-order valence-electron chi connectivity index (χ2n) is 9.75. The lowest BCUT2D eigenvalue weighted by Crippen LogP contribution is -2.66. The number of carbonyl (C=O) groups is 4. The van der Waals surface area contributed by atoms with Gasteiger partial charge in [0, 0.05) is 26.2 Å². The Balaban J connectivity index is 1.77. The van der Waals surface area contributed by atoms with Crippen LogP contribution >= 0.6 is 35.4 Å². The molecule has 2 amide bonds. The van der Waals surface area contributed by atoms with E-state index in [-0.39, 0.29) is 43.1 Å². The lowest BCUT2D eigenvalue weighted by Gasteiger charge is -2.46. The van der Waals surface area contributed by atoms with Crippen molar-refractivity contribution in [3.8, 4) is 0 Å². The van der Waals surface area contributed by atoms with E-state index in [1.54, 1.807) is 23.1 Å². The Morgan fingerprint density at radius 3 is 2.35 bits per heavy atom. The van der Waals surface area contributed by atoms with Gasteiger partial charge in [-0.1, -0.05) is 29.3 Å². The first-order valence-electron chi connectivity index (χ1n) is 12.8. The minimum Gasteiger partial charge on any atom is -0.481 e. The number of nitrogens with one attached hydrogen (secondary N) is 2. The summed E-state index contributed by atoms with van der Waals surface area (Å²) in [5.74, 6) is -2.82. The van der Waals surface area contributed by atoms with Gasteiger partial charge in [0.25, 0.3) is 0 Å². The van der Waals surface area contributed by atoms with Crippen molar-refractivity contribution < 1.29 is 34.1 Å². The summed E-state index contributed by atoms with van der Waals surface area (Å²) in [6.45, 7) is 2.87. The van der Waals surface area contributed by atoms with Gasteiger partial charge in [0.2, 0.25) is 5.91 Å². The smallest absolute Gasteiger partial charge is 0.409 e. The van der Waals surface area contributed by atoms with E-state index in [2.05, 4.69) is 15.5 Å². The maximum Gasteiger partial charge on any atom is 0.409 e. The van der Waals surface area contributed by atoms with Crippen molar-refractivity contribution in [2.75, 3.05) is 46.4 Å². The number of halogens is 2. The van der Waals surface area contributed by atoms with Crippen LogP contribution in [0, 0.1) is 0 Å². The zero-order valence-corrected chi connectivity index (χ0v) is 24.3. The number of nitrogens with zero attached hydrogens (tertiary/aromatic N) is 3. The van der Waals surface area contributed by atoms with Crippen LogP contribution in [0.1, 0.15) is 24.8 Å². The summed E-state index contributed by atoms with van der Waals surface area (Å²) in [6.07, 6.45) is 0.982. The highest BCUT2D eigenvalue weighted by Crippen LogP contribution is 2.25. The van der Waals surface area contributed by atoms with Crippen LogP contribution in [-0.2, 0) is 25.5 Å². The molecule has 0 radical (unpaired) electrons. The second kappa shape index (κ2) is 14.7. The average Bonchev–Trinajstić information content (AvgIpc) is 3.41. The van der Waals surface area contributed by atoms with E-state index in [1.165, 1.54) is 12.0 Å². The zero-order chi connectivity index (χ0) is 29.4. The minimum atomic E-state index is -1.44. The van der Waals surface area contributed by atoms with Crippen LogP contribution in [-0.4, -0.2) is 118 Å². The fraction of sp³-hybridized carbons (Fsp3) is 0.560. The van der Waals surface area contributed by atoms with E-state index in [0.29, 0.717) is 22.2 Å². The molecule has 0 unspecified atom stereocenters. The van der Waals surface area contributed by atoms with E-state index in [4.69, 9.17) is 45.3 Å². The molecular weight excluding hydrogens is 585 g/mol. The molecule has 2 heterocycles. The van der Waals surface area contributed by atoms with E-state index < -0.39 is 36.5 Å². The van der Waals surface area contributed by atoms with E-state index >= 15 is 0 Å². The summed E-state index contributed by atoms with van der Waals surface area (Å²) in [6, 6.07) is 2.74. The number of carboxylic acids is 2. The van der Waals surface area contributed by atoms with Gasteiger partial charge in [-0.15, -0.1) is 0 Å². The predicted octanol–water partition coefficient (Wildman–Crippen LogP) is 1.67. The lowest BCUT2D eigenvalue weighted by atomic mass is 10.0. The quantitative estimate of drug-likeness (QED) is 0.284. The molecule has 3 atom stereocenters. The molecule has 15 heteroatoms. The summed E-state index contributed by atoms with van der Waals surface area (Å²) in [7, 11) is 1.28. The van der Waals surface area contributed by atoms with Gasteiger partial charge in [-0.2, -0.15) is 0 Å². The number of likely N-dealkylation sites (tertiary alicyclic amines) is 1. The molecule has 0 spiro atoms. The first-order valence-corrected chi connectivity index (χ1v) is 13.9. The number of hydrogen-bond donors (Lipinski definition) is 4. The van der Waals surface area contributed by atoms with Gasteiger partial charge in [-0.3, -0.25) is 14.5 Å². The third-order valence-electron chi connectivity index (χ3n) is 6.91. The largest absolute Gasteiger partial charge is 0.481 e. The van der Waals surface area contributed by atoms with Crippen molar-refractivity contribution in [1.82, 2.24) is 25.3 Å². The maximum atomic E-state index is 13.6. The van der Waals surface area contributed by atoms with Crippen molar-refractivity contribution >= 4 is 64.5 Å². The van der Waals surface area contributed by atoms with Crippen LogP contribution in [0.2, 0.25) is 10.0 Å². The Hall–Kier alpha value is -2.87. The molecular formula is C25H33Cl2N5O7S. The first-order chi connectivity index (χ1) is 19.0. The normalized spacial score (nSPS) is 20.1. The molecule has 220 valence electrons. The number of thiocarbonyl (C=S) groups is 1. The van der Waals surface area contributed by atoms with Crippen molar-refractivity contribution in [3.63, 3.8) is 0 Å². The van der Waals surface area contributed by atoms with Crippen LogP contribution < -0.4 is 10.6 Å². The predicted molar refractivity (Wildman–Crippen MR) is 152 cm³/mol. The Bertz CT molecular complexity index is 1120. The molecule has 1 aromatic carbocycles. The lowest BCUT2D eigenvalue weighted by molar-refractivity contribution is -0.145. The highest BCUT2D eigenvalue weighted by Gasteiger charge is 2.40. The van der Waals surface area contributed by atoms with Crippen LogP contribution in [0.4, 0.5) is 4.79 Å². The maximum absolute atomic E-state index is 13.6. The molecule has 0 aliphatic carbocycles. The molecule has 0 saturated carbocycles. The molecule has 1 aromatic rings. The average molecular weight is 619 g/mol. The summed E-state index contributed by atoms with van der Waals surface area (Å²) < 4.78 is 5.02. The Kier molecular flexibility index (Phi) is 11.6. The summed E-state index contributed by atoms with van der Waals surface area (Å²) in [5, 5.41) is 24.2. The summed E-state index contributed by atoms with van der Waals surface area (Å²) >= 11 is 17.4. The highest BCUT2D eigenvalue weighted by atomic mass is 35.5. The summed E-state index contributed by atoms with van der Waals surface area (Å²) in [4.78, 5) is 54.3. The standard InChI is InChI=1S/C25H33Cl2N5O7S/c1-39-25(38)32-14-17(12-30-6-2-3-7-30)31(21(33)9-15-4-5-18(26)19(27)8-15)13-16(32)11-28-24(40)29-20(23(36)37)10-22(34)35/h4-5,8,16-17,20H,2-3,6-7,9-14H2,1H3,(H,34,35)(H,36,37)(H2,28,29,40)/t16-,17-,20-/m1/s1. The molecule has 2 aliphatic rings. The number of ether oxygens (including phenoxy) is 1. The van der Waals surface area contributed by atoms with Crippen LogP contribution in [0.5, 0.6) is 0 Å². The molecule has 0 aromatic heterocycles. The van der Waals surface area contributed by atoms with E-state index in [1.807, 2.05) is 0 Å². The van der Waals surface area contributed by atoms with Gasteiger partial charge < -0.3 is 35.4 Å². The second-order valence-corrected chi connectivity index (χ2v) is 11.0. The van der Waals surface area contributed by atoms with Gasteiger partial charge in [0.15, 0.2) is 5.11 Å². The first kappa shape index (κ1) is 31.7. The SMILES string of the molecule is COC(=O)N1C[C@@H](CN2CCCC2)N(C(=O)Cc2ccc(Cl)c(Cl)c2)C[C@H]1CNC(=S)N[C@H](CC(=O)O)C(=O)O. The van der Waals surface area contributed by atoms with Gasteiger partial charge in [0.1, 0.15) is 6.04 Å². The van der Waals surface area contributed by atoms with Gasteiger partial charge in [-0.25, -0.2) is 9.59 Å².